The Hall–Kier alpha value is -1.43. The summed E-state index contributed by atoms with van der Waals surface area (Å²) in [5, 5.41) is 10.5. The zero-order valence-corrected chi connectivity index (χ0v) is 15.2. The van der Waals surface area contributed by atoms with E-state index in [1.165, 1.54) is 30.3 Å². The van der Waals surface area contributed by atoms with E-state index in [0.29, 0.717) is 29.1 Å². The highest BCUT2D eigenvalue weighted by molar-refractivity contribution is 7.71. The number of hydrogen-bond donors (Lipinski definition) is 1. The molecule has 0 saturated heterocycles. The average Bonchev–Trinajstić information content (AvgIpc) is 2.76. The number of nitrogens with zero attached hydrogens (tertiary/aromatic N) is 3. The molecule has 0 bridgehead atoms. The summed E-state index contributed by atoms with van der Waals surface area (Å²) < 4.78 is 3.49. The van der Waals surface area contributed by atoms with Crippen LogP contribution < -0.4 is 5.56 Å². The predicted molar refractivity (Wildman–Crippen MR) is 96.2 cm³/mol. The molecule has 0 spiro atoms. The second kappa shape index (κ2) is 7.90. The summed E-state index contributed by atoms with van der Waals surface area (Å²) >= 11 is 5.32. The average molecular weight is 337 g/mol. The van der Waals surface area contributed by atoms with E-state index in [4.69, 9.17) is 17.2 Å². The van der Waals surface area contributed by atoms with E-state index in [2.05, 4.69) is 0 Å². The Kier molecular flexibility index (Phi) is 6.16. The Balaban J connectivity index is 2.53. The van der Waals surface area contributed by atoms with Crippen LogP contribution in [0.25, 0.3) is 0 Å². The van der Waals surface area contributed by atoms with Gasteiger partial charge in [-0.3, -0.25) is 18.9 Å². The van der Waals surface area contributed by atoms with Gasteiger partial charge in [0.15, 0.2) is 4.77 Å². The number of aromatic hydroxyl groups is 1. The minimum atomic E-state index is -0.241. The molecule has 0 radical (unpaired) electrons. The van der Waals surface area contributed by atoms with Gasteiger partial charge in [-0.15, -0.1) is 0 Å². The van der Waals surface area contributed by atoms with Crippen LogP contribution in [0.1, 0.15) is 64.9 Å². The van der Waals surface area contributed by atoms with Crippen LogP contribution in [0.4, 0.5) is 0 Å². The van der Waals surface area contributed by atoms with E-state index in [1.54, 1.807) is 4.57 Å². The standard InChI is InChI=1S/C17H27N3O2S/c1-4-19-15(21)14(16(22)20(5-2)17(19)23)12(3)18-13-10-8-6-7-9-11-13/h13,21H,4-11H2,1-3H3. The molecule has 1 N–H and O–H groups in total. The SMILES string of the molecule is CCn1c(O)c(C(C)=NC2CCCCCC2)c(=O)n(CC)c1=S. The van der Waals surface area contributed by atoms with Gasteiger partial charge in [0, 0.05) is 13.1 Å². The molecule has 0 aromatic carbocycles. The highest BCUT2D eigenvalue weighted by Gasteiger charge is 2.19. The van der Waals surface area contributed by atoms with Crippen molar-refractivity contribution in [3.63, 3.8) is 0 Å². The van der Waals surface area contributed by atoms with Crippen LogP contribution in [-0.2, 0) is 13.1 Å². The van der Waals surface area contributed by atoms with Crippen molar-refractivity contribution in [2.24, 2.45) is 4.99 Å². The fourth-order valence-electron chi connectivity index (χ4n) is 3.29. The van der Waals surface area contributed by atoms with Gasteiger partial charge in [0.1, 0.15) is 5.56 Å². The van der Waals surface area contributed by atoms with Crippen LogP contribution in [-0.4, -0.2) is 26.0 Å². The van der Waals surface area contributed by atoms with Crippen LogP contribution in [0.3, 0.4) is 0 Å². The maximum atomic E-state index is 12.7. The monoisotopic (exact) mass is 337 g/mol. The molecule has 2 rings (SSSR count). The molecule has 0 amide bonds. The third kappa shape index (κ3) is 3.74. The maximum Gasteiger partial charge on any atom is 0.267 e. The molecule has 5 nitrogen and oxygen atoms in total. The van der Waals surface area contributed by atoms with Crippen molar-refractivity contribution in [3.05, 3.63) is 20.7 Å². The van der Waals surface area contributed by atoms with Gasteiger partial charge in [-0.1, -0.05) is 25.7 Å². The molecule has 1 fully saturated rings. The largest absolute Gasteiger partial charge is 0.494 e. The van der Waals surface area contributed by atoms with Crippen LogP contribution in [0.5, 0.6) is 5.88 Å². The second-order valence-corrected chi connectivity index (χ2v) is 6.50. The van der Waals surface area contributed by atoms with Gasteiger partial charge in [0.25, 0.3) is 5.56 Å². The summed E-state index contributed by atoms with van der Waals surface area (Å²) in [6, 6.07) is 0.254. The Labute approximate surface area is 142 Å². The molecule has 6 heteroatoms. The van der Waals surface area contributed by atoms with Crippen molar-refractivity contribution >= 4 is 17.9 Å². The Morgan fingerprint density at radius 1 is 1.17 bits per heavy atom. The molecular weight excluding hydrogens is 310 g/mol. The molecule has 1 aromatic rings. The highest BCUT2D eigenvalue weighted by Crippen LogP contribution is 2.22. The molecule has 23 heavy (non-hydrogen) atoms. The Morgan fingerprint density at radius 3 is 2.26 bits per heavy atom. The van der Waals surface area contributed by atoms with Crippen molar-refractivity contribution in [3.8, 4) is 5.88 Å². The van der Waals surface area contributed by atoms with Gasteiger partial charge in [-0.05, 0) is 45.8 Å². The van der Waals surface area contributed by atoms with Crippen molar-refractivity contribution in [2.75, 3.05) is 0 Å². The third-order valence-corrected chi connectivity index (χ3v) is 5.04. The Morgan fingerprint density at radius 2 is 1.74 bits per heavy atom. The van der Waals surface area contributed by atoms with Crippen LogP contribution in [0, 0.1) is 4.77 Å². The van der Waals surface area contributed by atoms with E-state index >= 15 is 0 Å². The van der Waals surface area contributed by atoms with Crippen LogP contribution in [0.2, 0.25) is 0 Å². The van der Waals surface area contributed by atoms with Gasteiger partial charge in [-0.2, -0.15) is 0 Å². The molecule has 0 aliphatic heterocycles. The lowest BCUT2D eigenvalue weighted by Gasteiger charge is -2.16. The number of aliphatic imine (C=N–C) groups is 1. The fraction of sp³-hybridized carbons (Fsp3) is 0.706. The first-order valence-corrected chi connectivity index (χ1v) is 9.03. The van der Waals surface area contributed by atoms with Gasteiger partial charge >= 0.3 is 0 Å². The van der Waals surface area contributed by atoms with Gasteiger partial charge < -0.3 is 5.11 Å². The summed E-state index contributed by atoms with van der Waals surface area (Å²) in [6.07, 6.45) is 7.03. The van der Waals surface area contributed by atoms with E-state index in [9.17, 15) is 9.90 Å². The van der Waals surface area contributed by atoms with Gasteiger partial charge in [0.2, 0.25) is 5.88 Å². The van der Waals surface area contributed by atoms with E-state index in [-0.39, 0.29) is 17.5 Å². The molecule has 1 saturated carbocycles. The zero-order valence-electron chi connectivity index (χ0n) is 14.3. The van der Waals surface area contributed by atoms with Crippen LogP contribution >= 0.6 is 12.2 Å². The van der Waals surface area contributed by atoms with Crippen molar-refractivity contribution in [1.29, 1.82) is 0 Å². The molecule has 1 aliphatic carbocycles. The number of aromatic nitrogens is 2. The second-order valence-electron chi connectivity index (χ2n) is 6.13. The third-order valence-electron chi connectivity index (χ3n) is 4.60. The summed E-state index contributed by atoms with van der Waals surface area (Å²) in [4.78, 5) is 17.5. The Bertz CT molecular complexity index is 695. The lowest BCUT2D eigenvalue weighted by atomic mass is 10.1. The van der Waals surface area contributed by atoms with E-state index in [1.807, 2.05) is 20.8 Å². The molecule has 1 aromatic heterocycles. The number of rotatable bonds is 4. The smallest absolute Gasteiger partial charge is 0.267 e. The predicted octanol–water partition coefficient (Wildman–Crippen LogP) is 3.66. The van der Waals surface area contributed by atoms with Crippen molar-refractivity contribution in [2.45, 2.75) is 78.4 Å². The molecular formula is C17H27N3O2S. The van der Waals surface area contributed by atoms with Gasteiger partial charge in [0.05, 0.1) is 11.8 Å². The van der Waals surface area contributed by atoms with Crippen molar-refractivity contribution in [1.82, 2.24) is 9.13 Å². The van der Waals surface area contributed by atoms with Crippen LogP contribution in [0.15, 0.2) is 9.79 Å². The van der Waals surface area contributed by atoms with E-state index < -0.39 is 0 Å². The highest BCUT2D eigenvalue weighted by atomic mass is 32.1. The quantitative estimate of drug-likeness (QED) is 0.518. The minimum Gasteiger partial charge on any atom is -0.494 e. The summed E-state index contributed by atoms with van der Waals surface area (Å²) in [5.41, 5.74) is 0.680. The summed E-state index contributed by atoms with van der Waals surface area (Å²) in [6.45, 7) is 6.62. The van der Waals surface area contributed by atoms with E-state index in [0.717, 1.165) is 12.8 Å². The topological polar surface area (TPSA) is 59.5 Å². The maximum absolute atomic E-state index is 12.7. The summed E-state index contributed by atoms with van der Waals surface area (Å²) in [5.74, 6) is -0.0536. The normalized spacial score (nSPS) is 17.3. The lowest BCUT2D eigenvalue weighted by Crippen LogP contribution is -2.30. The van der Waals surface area contributed by atoms with Gasteiger partial charge in [-0.25, -0.2) is 0 Å². The van der Waals surface area contributed by atoms with Crippen molar-refractivity contribution < 1.29 is 5.11 Å². The first kappa shape index (κ1) is 17.9. The lowest BCUT2D eigenvalue weighted by molar-refractivity contribution is 0.399. The molecule has 0 atom stereocenters. The zero-order chi connectivity index (χ0) is 17.0. The molecule has 1 aliphatic rings. The minimum absolute atomic E-state index is 0.0536. The number of hydrogen-bond acceptors (Lipinski definition) is 4. The first-order chi connectivity index (χ1) is 11.0. The first-order valence-electron chi connectivity index (χ1n) is 8.62. The molecule has 128 valence electrons. The fourth-order valence-corrected chi connectivity index (χ4v) is 3.72. The summed E-state index contributed by atoms with van der Waals surface area (Å²) in [7, 11) is 0. The molecule has 1 heterocycles. The molecule has 0 unspecified atom stereocenters.